The van der Waals surface area contributed by atoms with Gasteiger partial charge in [0.2, 0.25) is 11.7 Å². The number of aromatic nitrogens is 2. The summed E-state index contributed by atoms with van der Waals surface area (Å²) in [6.07, 6.45) is 2.68. The van der Waals surface area contributed by atoms with Crippen molar-refractivity contribution < 1.29 is 13.5 Å². The Morgan fingerprint density at radius 1 is 1.26 bits per heavy atom. The highest BCUT2D eigenvalue weighted by atomic mass is 79.9. The van der Waals surface area contributed by atoms with Crippen molar-refractivity contribution in [3.8, 4) is 11.6 Å². The lowest BCUT2D eigenvalue weighted by molar-refractivity contribution is 0.403. The van der Waals surface area contributed by atoms with Crippen molar-refractivity contribution in [2.45, 2.75) is 0 Å². The third-order valence-electron chi connectivity index (χ3n) is 2.06. The summed E-state index contributed by atoms with van der Waals surface area (Å²) < 4.78 is 32.3. The van der Waals surface area contributed by atoms with Crippen LogP contribution < -0.4 is 10.5 Å². The first-order valence-electron chi connectivity index (χ1n) is 4.92. The van der Waals surface area contributed by atoms with Crippen molar-refractivity contribution in [1.82, 2.24) is 9.97 Å². The number of hydrogen-bond acceptors (Lipinski definition) is 4. The quantitative estimate of drug-likeness (QED) is 0.684. The minimum Gasteiger partial charge on any atom is -0.434 e. The SMILES string of the molecule is NC(=S)c1nccnc1Oc1cc(Br)cc(F)c1F. The number of hydrogen-bond donors (Lipinski definition) is 1. The zero-order valence-electron chi connectivity index (χ0n) is 9.23. The van der Waals surface area contributed by atoms with Crippen LogP contribution >= 0.6 is 28.1 Å². The van der Waals surface area contributed by atoms with E-state index in [2.05, 4.69) is 25.9 Å². The second-order valence-corrected chi connectivity index (χ2v) is 4.73. The standard InChI is InChI=1S/C11H6BrF2N3OS/c12-5-3-6(13)8(14)7(4-5)18-11-9(10(15)19)16-1-2-17-11/h1-4H,(H2,15,19). The summed E-state index contributed by atoms with van der Waals surface area (Å²) in [6, 6.07) is 2.24. The number of rotatable bonds is 3. The average Bonchev–Trinajstić information content (AvgIpc) is 2.35. The van der Waals surface area contributed by atoms with E-state index >= 15 is 0 Å². The maximum absolute atomic E-state index is 13.6. The van der Waals surface area contributed by atoms with Crippen molar-refractivity contribution >= 4 is 33.1 Å². The van der Waals surface area contributed by atoms with E-state index in [0.717, 1.165) is 6.07 Å². The molecule has 1 aromatic heterocycles. The van der Waals surface area contributed by atoms with Gasteiger partial charge in [-0.05, 0) is 12.1 Å². The molecule has 1 heterocycles. The van der Waals surface area contributed by atoms with E-state index in [1.807, 2.05) is 0 Å². The highest BCUT2D eigenvalue weighted by Gasteiger charge is 2.16. The molecule has 2 aromatic rings. The monoisotopic (exact) mass is 345 g/mol. The van der Waals surface area contributed by atoms with Crippen LogP contribution in [0.4, 0.5) is 8.78 Å². The van der Waals surface area contributed by atoms with Gasteiger partial charge in [-0.1, -0.05) is 28.1 Å². The third kappa shape index (κ3) is 3.02. The third-order valence-corrected chi connectivity index (χ3v) is 2.72. The lowest BCUT2D eigenvalue weighted by atomic mass is 10.3. The molecule has 0 saturated carbocycles. The molecule has 2 N–H and O–H groups in total. The molecule has 0 spiro atoms. The summed E-state index contributed by atoms with van der Waals surface area (Å²) in [5.41, 5.74) is 5.53. The molecule has 0 unspecified atom stereocenters. The van der Waals surface area contributed by atoms with Gasteiger partial charge in [0.25, 0.3) is 0 Å². The van der Waals surface area contributed by atoms with Gasteiger partial charge in [-0.25, -0.2) is 14.4 Å². The van der Waals surface area contributed by atoms with Crippen LogP contribution in [0.3, 0.4) is 0 Å². The smallest absolute Gasteiger partial charge is 0.248 e. The summed E-state index contributed by atoms with van der Waals surface area (Å²) in [5.74, 6) is -2.62. The Balaban J connectivity index is 2.45. The number of thiocarbonyl (C=S) groups is 1. The molecule has 4 nitrogen and oxygen atoms in total. The fourth-order valence-electron chi connectivity index (χ4n) is 1.28. The summed E-state index contributed by atoms with van der Waals surface area (Å²) in [5, 5.41) is 0. The number of benzene rings is 1. The summed E-state index contributed by atoms with van der Waals surface area (Å²) in [4.78, 5) is 7.65. The van der Waals surface area contributed by atoms with Gasteiger partial charge in [-0.2, -0.15) is 4.39 Å². The maximum atomic E-state index is 13.6. The van der Waals surface area contributed by atoms with Crippen molar-refractivity contribution in [3.05, 3.63) is 46.3 Å². The van der Waals surface area contributed by atoms with E-state index in [-0.39, 0.29) is 22.3 Å². The van der Waals surface area contributed by atoms with E-state index < -0.39 is 11.6 Å². The molecule has 1 aromatic carbocycles. The van der Waals surface area contributed by atoms with Crippen molar-refractivity contribution in [3.63, 3.8) is 0 Å². The molecule has 0 aliphatic rings. The van der Waals surface area contributed by atoms with Crippen LogP contribution in [0.2, 0.25) is 0 Å². The molecule has 0 aliphatic heterocycles. The molecular weight excluding hydrogens is 340 g/mol. The van der Waals surface area contributed by atoms with Gasteiger partial charge < -0.3 is 10.5 Å². The molecule has 0 saturated heterocycles. The van der Waals surface area contributed by atoms with Crippen molar-refractivity contribution in [1.29, 1.82) is 0 Å². The Labute approximate surface area is 120 Å². The molecule has 0 radical (unpaired) electrons. The first-order chi connectivity index (χ1) is 8.99. The Hall–Kier alpha value is -1.67. The molecule has 0 aliphatic carbocycles. The predicted octanol–water partition coefficient (Wildman–Crippen LogP) is 2.94. The second kappa shape index (κ2) is 5.54. The molecule has 0 bridgehead atoms. The lowest BCUT2D eigenvalue weighted by Crippen LogP contribution is -2.13. The highest BCUT2D eigenvalue weighted by Crippen LogP contribution is 2.29. The van der Waals surface area contributed by atoms with E-state index in [4.69, 9.17) is 22.7 Å². The van der Waals surface area contributed by atoms with Gasteiger partial charge in [0.1, 0.15) is 4.99 Å². The first-order valence-corrected chi connectivity index (χ1v) is 6.12. The zero-order valence-corrected chi connectivity index (χ0v) is 11.6. The minimum absolute atomic E-state index is 0.0565. The normalized spacial score (nSPS) is 10.3. The molecule has 0 amide bonds. The van der Waals surface area contributed by atoms with E-state index in [9.17, 15) is 8.78 Å². The maximum Gasteiger partial charge on any atom is 0.248 e. The van der Waals surface area contributed by atoms with Gasteiger partial charge in [-0.15, -0.1) is 0 Å². The van der Waals surface area contributed by atoms with Crippen LogP contribution in [-0.2, 0) is 0 Å². The predicted molar refractivity (Wildman–Crippen MR) is 72.1 cm³/mol. The van der Waals surface area contributed by atoms with Crippen LogP contribution in [0, 0.1) is 11.6 Å². The fraction of sp³-hybridized carbons (Fsp3) is 0. The lowest BCUT2D eigenvalue weighted by Gasteiger charge is -2.09. The highest BCUT2D eigenvalue weighted by molar-refractivity contribution is 9.10. The molecule has 19 heavy (non-hydrogen) atoms. The van der Waals surface area contributed by atoms with Gasteiger partial charge >= 0.3 is 0 Å². The van der Waals surface area contributed by atoms with Crippen LogP contribution in [0.25, 0.3) is 0 Å². The summed E-state index contributed by atoms with van der Waals surface area (Å²) >= 11 is 7.80. The summed E-state index contributed by atoms with van der Waals surface area (Å²) in [6.45, 7) is 0. The molecular formula is C11H6BrF2N3OS. The van der Waals surface area contributed by atoms with Gasteiger partial charge in [0.05, 0.1) is 0 Å². The Bertz CT molecular complexity index is 654. The van der Waals surface area contributed by atoms with E-state index in [1.54, 1.807) is 0 Å². The van der Waals surface area contributed by atoms with Gasteiger partial charge in [0.15, 0.2) is 17.3 Å². The second-order valence-electron chi connectivity index (χ2n) is 3.38. The fourth-order valence-corrected chi connectivity index (χ4v) is 1.83. The van der Waals surface area contributed by atoms with E-state index in [1.165, 1.54) is 18.5 Å². The molecule has 0 fully saturated rings. The van der Waals surface area contributed by atoms with Gasteiger partial charge in [-0.3, -0.25) is 0 Å². The zero-order chi connectivity index (χ0) is 14.0. The minimum atomic E-state index is -1.14. The summed E-state index contributed by atoms with van der Waals surface area (Å²) in [7, 11) is 0. The first kappa shape index (κ1) is 13.8. The van der Waals surface area contributed by atoms with Crippen LogP contribution in [-0.4, -0.2) is 15.0 Å². The number of nitrogens with zero attached hydrogens (tertiary/aromatic N) is 2. The Morgan fingerprint density at radius 2 is 1.95 bits per heavy atom. The number of nitrogens with two attached hydrogens (primary N) is 1. The number of ether oxygens (including phenoxy) is 1. The molecule has 98 valence electrons. The van der Waals surface area contributed by atoms with Crippen LogP contribution in [0.5, 0.6) is 11.6 Å². The Morgan fingerprint density at radius 3 is 2.63 bits per heavy atom. The van der Waals surface area contributed by atoms with Gasteiger partial charge in [0, 0.05) is 16.9 Å². The largest absolute Gasteiger partial charge is 0.434 e. The molecule has 2 rings (SSSR count). The molecule has 8 heteroatoms. The average molecular weight is 346 g/mol. The Kier molecular flexibility index (Phi) is 4.01. The van der Waals surface area contributed by atoms with Crippen LogP contribution in [0.1, 0.15) is 5.69 Å². The van der Waals surface area contributed by atoms with Crippen molar-refractivity contribution in [2.24, 2.45) is 5.73 Å². The number of halogens is 3. The van der Waals surface area contributed by atoms with E-state index in [0.29, 0.717) is 4.47 Å². The molecule has 0 atom stereocenters. The van der Waals surface area contributed by atoms with Crippen LogP contribution in [0.15, 0.2) is 29.0 Å². The van der Waals surface area contributed by atoms with Crippen molar-refractivity contribution in [2.75, 3.05) is 0 Å². The topological polar surface area (TPSA) is 61.0 Å².